The molecule has 0 bridgehead atoms. The number of ether oxygens (including phenoxy) is 4. The van der Waals surface area contributed by atoms with Gasteiger partial charge in [0.25, 0.3) is 5.69 Å². The van der Waals surface area contributed by atoms with Crippen LogP contribution in [0, 0.1) is 24.0 Å². The average molecular weight is 507 g/mol. The van der Waals surface area contributed by atoms with E-state index >= 15 is 0 Å². The fourth-order valence-corrected chi connectivity index (χ4v) is 4.63. The summed E-state index contributed by atoms with van der Waals surface area (Å²) in [7, 11) is 0. The smallest absolute Gasteiger partial charge is 0.340 e. The monoisotopic (exact) mass is 507 g/mol. The molecule has 3 aromatic rings. The van der Waals surface area contributed by atoms with Crippen molar-refractivity contribution < 1.29 is 33.5 Å². The van der Waals surface area contributed by atoms with E-state index in [2.05, 4.69) is 0 Å². The van der Waals surface area contributed by atoms with E-state index in [1.54, 1.807) is 6.07 Å². The molecule has 0 aliphatic carbocycles. The van der Waals surface area contributed by atoms with Gasteiger partial charge in [-0.2, -0.15) is 0 Å². The summed E-state index contributed by atoms with van der Waals surface area (Å²) < 4.78 is 23.5. The van der Waals surface area contributed by atoms with Crippen LogP contribution >= 0.6 is 0 Å². The molecule has 2 aliphatic heterocycles. The Labute approximate surface area is 212 Å². The van der Waals surface area contributed by atoms with E-state index in [0.29, 0.717) is 54.7 Å². The Morgan fingerprint density at radius 2 is 1.76 bits per heavy atom. The highest BCUT2D eigenvalue weighted by atomic mass is 16.7. The lowest BCUT2D eigenvalue weighted by atomic mass is 10.1. The summed E-state index contributed by atoms with van der Waals surface area (Å²) >= 11 is 0. The van der Waals surface area contributed by atoms with Crippen LogP contribution in [0.25, 0.3) is 5.69 Å². The third kappa shape index (κ3) is 4.73. The minimum Gasteiger partial charge on any atom is -0.454 e. The first-order valence-electron chi connectivity index (χ1n) is 11.7. The van der Waals surface area contributed by atoms with Crippen LogP contribution in [0.3, 0.4) is 0 Å². The number of aryl methyl sites for hydroxylation is 1. The number of anilines is 1. The maximum atomic E-state index is 13.1. The molecule has 37 heavy (non-hydrogen) atoms. The molecular weight excluding hydrogens is 482 g/mol. The zero-order valence-corrected chi connectivity index (χ0v) is 20.4. The molecule has 0 atom stereocenters. The number of rotatable bonds is 7. The second kappa shape index (κ2) is 9.94. The van der Waals surface area contributed by atoms with Crippen molar-refractivity contribution in [1.82, 2.24) is 4.57 Å². The van der Waals surface area contributed by atoms with E-state index < -0.39 is 17.5 Å². The molecule has 0 saturated carbocycles. The number of carbonyl (C=O) groups excluding carboxylic acids is 2. The number of carbonyl (C=O) groups is 2. The first kappa shape index (κ1) is 24.3. The number of hydrogen-bond donors (Lipinski definition) is 0. The molecule has 11 nitrogen and oxygen atoms in total. The number of benzene rings is 2. The van der Waals surface area contributed by atoms with Gasteiger partial charge < -0.3 is 28.4 Å². The number of morpholine rings is 1. The number of Topliss-reactive ketones (excluding diaryl/α,β-unsaturated/α-hetero) is 1. The van der Waals surface area contributed by atoms with Crippen molar-refractivity contribution in [2.75, 3.05) is 44.6 Å². The summed E-state index contributed by atoms with van der Waals surface area (Å²) in [5.41, 5.74) is 3.03. The molecular formula is C26H25N3O8. The number of ketones is 1. The van der Waals surface area contributed by atoms with Crippen molar-refractivity contribution in [3.05, 3.63) is 75.1 Å². The Morgan fingerprint density at radius 1 is 1.00 bits per heavy atom. The van der Waals surface area contributed by atoms with Crippen molar-refractivity contribution >= 4 is 23.1 Å². The number of hydrogen-bond acceptors (Lipinski definition) is 9. The van der Waals surface area contributed by atoms with Crippen molar-refractivity contribution in [3.63, 3.8) is 0 Å². The van der Waals surface area contributed by atoms with Crippen molar-refractivity contribution in [1.29, 1.82) is 0 Å². The molecule has 0 amide bonds. The van der Waals surface area contributed by atoms with E-state index in [9.17, 15) is 19.7 Å². The zero-order valence-electron chi connectivity index (χ0n) is 20.4. The number of fused-ring (bicyclic) bond motifs is 1. The maximum absolute atomic E-state index is 13.1. The summed E-state index contributed by atoms with van der Waals surface area (Å²) in [5.74, 6) is 0.0989. The minimum atomic E-state index is -0.803. The lowest BCUT2D eigenvalue weighted by molar-refractivity contribution is -0.384. The molecule has 11 heteroatoms. The van der Waals surface area contributed by atoms with Crippen molar-refractivity contribution in [3.8, 4) is 17.2 Å². The Kier molecular flexibility index (Phi) is 6.53. The number of nitro benzene ring substituents is 1. The number of non-ortho nitro benzene ring substituents is 1. The molecule has 3 heterocycles. The first-order chi connectivity index (χ1) is 17.8. The standard InChI is InChI=1S/C26H25N3O8/c1-16-11-20(17(2)28(16)18-4-6-24-25(13-18)37-15-36-24)23(30)14-35-26(31)21-12-19(29(32)33)3-5-22(21)27-7-9-34-10-8-27/h3-6,11-13H,7-10,14-15H2,1-2H3. The van der Waals surface area contributed by atoms with Gasteiger partial charge in [-0.25, -0.2) is 4.79 Å². The van der Waals surface area contributed by atoms with Gasteiger partial charge in [-0.1, -0.05) is 0 Å². The molecule has 0 unspecified atom stereocenters. The summed E-state index contributed by atoms with van der Waals surface area (Å²) in [6.07, 6.45) is 0. The van der Waals surface area contributed by atoms with Gasteiger partial charge in [0.05, 0.1) is 29.4 Å². The van der Waals surface area contributed by atoms with Crippen LogP contribution in [0.1, 0.15) is 32.1 Å². The molecule has 1 fully saturated rings. The van der Waals surface area contributed by atoms with Crippen LogP contribution in [-0.2, 0) is 9.47 Å². The van der Waals surface area contributed by atoms with Gasteiger partial charge in [0.2, 0.25) is 12.6 Å². The fraction of sp³-hybridized carbons (Fsp3) is 0.308. The Morgan fingerprint density at radius 3 is 2.51 bits per heavy atom. The van der Waals surface area contributed by atoms with E-state index in [1.165, 1.54) is 18.2 Å². The molecule has 0 spiro atoms. The van der Waals surface area contributed by atoms with Crippen LogP contribution in [-0.4, -0.2) is 60.9 Å². The van der Waals surface area contributed by atoms with E-state index in [0.717, 1.165) is 11.4 Å². The molecule has 5 rings (SSSR count). The SMILES string of the molecule is Cc1cc(C(=O)COC(=O)c2cc([N+](=O)[O-])ccc2N2CCOCC2)c(C)n1-c1ccc2c(c1)OCO2. The summed E-state index contributed by atoms with van der Waals surface area (Å²) in [6, 6.07) is 11.3. The first-order valence-corrected chi connectivity index (χ1v) is 11.7. The Hall–Kier alpha value is -4.38. The van der Waals surface area contributed by atoms with Gasteiger partial charge in [-0.15, -0.1) is 0 Å². The fourth-order valence-electron chi connectivity index (χ4n) is 4.63. The summed E-state index contributed by atoms with van der Waals surface area (Å²) in [4.78, 5) is 38.7. The second-order valence-corrected chi connectivity index (χ2v) is 8.72. The normalized spacial score (nSPS) is 14.5. The molecule has 0 radical (unpaired) electrons. The third-order valence-electron chi connectivity index (χ3n) is 6.44. The van der Waals surface area contributed by atoms with Crippen LogP contribution in [0.4, 0.5) is 11.4 Å². The van der Waals surface area contributed by atoms with Crippen LogP contribution in [0.2, 0.25) is 0 Å². The van der Waals surface area contributed by atoms with Gasteiger partial charge in [0.15, 0.2) is 18.1 Å². The maximum Gasteiger partial charge on any atom is 0.340 e. The predicted octanol–water partition coefficient (Wildman–Crippen LogP) is 3.61. The number of nitro groups is 1. The third-order valence-corrected chi connectivity index (χ3v) is 6.44. The molecule has 2 aromatic carbocycles. The zero-order chi connectivity index (χ0) is 26.1. The molecule has 2 aliphatic rings. The number of aromatic nitrogens is 1. The van der Waals surface area contributed by atoms with Crippen LogP contribution < -0.4 is 14.4 Å². The Bertz CT molecular complexity index is 1390. The lowest BCUT2D eigenvalue weighted by Crippen LogP contribution is -2.37. The van der Waals surface area contributed by atoms with Gasteiger partial charge >= 0.3 is 5.97 Å². The van der Waals surface area contributed by atoms with E-state index in [4.69, 9.17) is 18.9 Å². The summed E-state index contributed by atoms with van der Waals surface area (Å²) in [6.45, 7) is 5.35. The minimum absolute atomic E-state index is 0.0368. The number of esters is 1. The quantitative estimate of drug-likeness (QED) is 0.204. The predicted molar refractivity (Wildman–Crippen MR) is 132 cm³/mol. The molecule has 1 saturated heterocycles. The highest BCUT2D eigenvalue weighted by molar-refractivity contribution is 6.02. The van der Waals surface area contributed by atoms with Crippen molar-refractivity contribution in [2.45, 2.75) is 13.8 Å². The average Bonchev–Trinajstić information content (AvgIpc) is 3.50. The van der Waals surface area contributed by atoms with E-state index in [1.807, 2.05) is 41.5 Å². The van der Waals surface area contributed by atoms with Gasteiger partial charge in [-0.3, -0.25) is 14.9 Å². The van der Waals surface area contributed by atoms with Crippen molar-refractivity contribution in [2.24, 2.45) is 0 Å². The molecule has 192 valence electrons. The topological polar surface area (TPSA) is 122 Å². The van der Waals surface area contributed by atoms with Crippen LogP contribution in [0.5, 0.6) is 11.5 Å². The molecule has 0 N–H and O–H groups in total. The largest absolute Gasteiger partial charge is 0.454 e. The highest BCUT2D eigenvalue weighted by Crippen LogP contribution is 2.35. The molecule has 1 aromatic heterocycles. The Balaban J connectivity index is 1.35. The second-order valence-electron chi connectivity index (χ2n) is 8.72. The van der Waals surface area contributed by atoms with Gasteiger partial charge in [0, 0.05) is 53.9 Å². The van der Waals surface area contributed by atoms with Gasteiger partial charge in [-0.05, 0) is 38.1 Å². The van der Waals surface area contributed by atoms with E-state index in [-0.39, 0.29) is 23.8 Å². The highest BCUT2D eigenvalue weighted by Gasteiger charge is 2.25. The summed E-state index contributed by atoms with van der Waals surface area (Å²) in [5, 5.41) is 11.3. The lowest BCUT2D eigenvalue weighted by Gasteiger charge is -2.30. The number of nitrogens with zero attached hydrogens (tertiary/aromatic N) is 3. The van der Waals surface area contributed by atoms with Crippen LogP contribution in [0.15, 0.2) is 42.5 Å². The van der Waals surface area contributed by atoms with Gasteiger partial charge in [0.1, 0.15) is 0 Å².